The number of benzene rings is 2. The molecule has 0 atom stereocenters. The first-order valence-corrected chi connectivity index (χ1v) is 8.40. The topological polar surface area (TPSA) is 75.6 Å². The van der Waals surface area contributed by atoms with Gasteiger partial charge < -0.3 is 15.2 Å². The largest absolute Gasteiger partial charge is 0.487 e. The fraction of sp³-hybridized carbons (Fsp3) is 0.300. The molecule has 0 fully saturated rings. The highest BCUT2D eigenvalue weighted by Gasteiger charge is 2.45. The summed E-state index contributed by atoms with van der Waals surface area (Å²) < 4.78 is 19.6. The smallest absolute Gasteiger partial charge is 0.330 e. The molecule has 6 heteroatoms. The van der Waals surface area contributed by atoms with Crippen molar-refractivity contribution in [1.29, 1.82) is 0 Å². The Kier molecular flexibility index (Phi) is 4.68. The third kappa shape index (κ3) is 3.27. The van der Waals surface area contributed by atoms with E-state index >= 15 is 0 Å². The zero-order chi connectivity index (χ0) is 18.9. The molecule has 0 aromatic heterocycles. The summed E-state index contributed by atoms with van der Waals surface area (Å²) in [4.78, 5) is 24.8. The number of para-hydroxylation sites is 1. The predicted octanol–water partition coefficient (Wildman–Crippen LogP) is 2.96. The van der Waals surface area contributed by atoms with Gasteiger partial charge in [-0.3, -0.25) is 4.79 Å². The highest BCUT2D eigenvalue weighted by Crippen LogP contribution is 2.32. The van der Waals surface area contributed by atoms with E-state index in [1.54, 1.807) is 13.8 Å². The first kappa shape index (κ1) is 17.9. The minimum absolute atomic E-state index is 0.0183. The molecule has 1 aliphatic carbocycles. The molecule has 0 spiro atoms. The van der Waals surface area contributed by atoms with Gasteiger partial charge in [-0.15, -0.1) is 0 Å². The van der Waals surface area contributed by atoms with Crippen molar-refractivity contribution in [3.05, 3.63) is 65.0 Å². The quantitative estimate of drug-likeness (QED) is 0.863. The molecule has 0 aliphatic heterocycles. The molecular weight excluding hydrogens is 337 g/mol. The predicted molar refractivity (Wildman–Crippen MR) is 93.8 cm³/mol. The number of halogens is 1. The monoisotopic (exact) mass is 357 g/mol. The van der Waals surface area contributed by atoms with E-state index < -0.39 is 23.2 Å². The fourth-order valence-corrected chi connectivity index (χ4v) is 3.24. The summed E-state index contributed by atoms with van der Waals surface area (Å²) in [7, 11) is 0. The van der Waals surface area contributed by atoms with Crippen LogP contribution in [0.5, 0.6) is 5.75 Å². The number of hydrogen-bond donors (Lipinski definition) is 2. The van der Waals surface area contributed by atoms with E-state index in [1.807, 2.05) is 24.3 Å². The van der Waals surface area contributed by atoms with Crippen LogP contribution in [0.15, 0.2) is 42.5 Å². The number of hydrogen-bond acceptors (Lipinski definition) is 3. The first-order valence-electron chi connectivity index (χ1n) is 8.40. The minimum Gasteiger partial charge on any atom is -0.487 e. The molecule has 0 radical (unpaired) electrons. The number of nitrogens with one attached hydrogen (secondary N) is 1. The molecule has 26 heavy (non-hydrogen) atoms. The van der Waals surface area contributed by atoms with Gasteiger partial charge in [0, 0.05) is 12.8 Å². The van der Waals surface area contributed by atoms with Crippen molar-refractivity contribution in [2.24, 2.45) is 0 Å². The lowest BCUT2D eigenvalue weighted by Gasteiger charge is -2.26. The van der Waals surface area contributed by atoms with Crippen molar-refractivity contribution in [2.45, 2.75) is 38.3 Å². The van der Waals surface area contributed by atoms with Crippen molar-refractivity contribution in [2.75, 3.05) is 0 Å². The van der Waals surface area contributed by atoms with Crippen LogP contribution in [0, 0.1) is 5.82 Å². The summed E-state index contributed by atoms with van der Waals surface area (Å²) in [6.07, 6.45) is 0.0301. The Morgan fingerprint density at radius 2 is 1.73 bits per heavy atom. The number of carbonyl (C=O) groups is 2. The van der Waals surface area contributed by atoms with Crippen molar-refractivity contribution >= 4 is 11.9 Å². The number of fused-ring (bicyclic) bond motifs is 1. The SMILES string of the molecule is CC(C)Oc1c(F)cccc1C(=O)NC1(C(=O)O)Cc2ccccc2C1. The van der Waals surface area contributed by atoms with Gasteiger partial charge in [-0.05, 0) is 37.1 Å². The number of carboxylic acids is 1. The Bertz CT molecular complexity index is 838. The second-order valence-corrected chi connectivity index (χ2v) is 6.75. The number of carboxylic acid groups (broad SMARTS) is 1. The molecule has 0 saturated heterocycles. The van der Waals surface area contributed by atoms with E-state index in [0.29, 0.717) is 0 Å². The average molecular weight is 357 g/mol. The Morgan fingerprint density at radius 1 is 1.12 bits per heavy atom. The van der Waals surface area contributed by atoms with Crippen LogP contribution in [0.25, 0.3) is 0 Å². The molecule has 0 unspecified atom stereocenters. The van der Waals surface area contributed by atoms with Gasteiger partial charge >= 0.3 is 5.97 Å². The van der Waals surface area contributed by atoms with Gasteiger partial charge in [0.2, 0.25) is 0 Å². The maximum absolute atomic E-state index is 14.1. The van der Waals surface area contributed by atoms with Crippen molar-refractivity contribution in [1.82, 2.24) is 5.32 Å². The van der Waals surface area contributed by atoms with E-state index in [4.69, 9.17) is 4.74 Å². The van der Waals surface area contributed by atoms with Gasteiger partial charge in [0.25, 0.3) is 5.91 Å². The third-order valence-electron chi connectivity index (χ3n) is 4.43. The molecular formula is C20H20FNO4. The number of rotatable bonds is 5. The maximum Gasteiger partial charge on any atom is 0.330 e. The first-order chi connectivity index (χ1) is 12.3. The van der Waals surface area contributed by atoms with E-state index in [9.17, 15) is 19.1 Å². The van der Waals surface area contributed by atoms with Crippen LogP contribution in [0.3, 0.4) is 0 Å². The van der Waals surface area contributed by atoms with Crippen LogP contribution >= 0.6 is 0 Å². The standard InChI is InChI=1S/C20H20FNO4/c1-12(2)26-17-15(8-5-9-16(17)21)18(23)22-20(19(24)25)10-13-6-3-4-7-14(13)11-20/h3-9,12H,10-11H2,1-2H3,(H,22,23)(H,24,25). The van der Waals surface area contributed by atoms with Gasteiger partial charge in [-0.2, -0.15) is 0 Å². The number of amides is 1. The highest BCUT2D eigenvalue weighted by molar-refractivity contribution is 6.00. The van der Waals surface area contributed by atoms with Crippen LogP contribution in [0.1, 0.15) is 35.3 Å². The zero-order valence-corrected chi connectivity index (χ0v) is 14.6. The van der Waals surface area contributed by atoms with Crippen molar-refractivity contribution < 1.29 is 23.8 Å². The molecule has 0 heterocycles. The van der Waals surface area contributed by atoms with Gasteiger partial charge in [0.1, 0.15) is 5.54 Å². The molecule has 2 aromatic rings. The van der Waals surface area contributed by atoms with Crippen LogP contribution in [0.4, 0.5) is 4.39 Å². The van der Waals surface area contributed by atoms with E-state index in [0.717, 1.165) is 11.1 Å². The third-order valence-corrected chi connectivity index (χ3v) is 4.43. The Labute approximate surface area is 150 Å². The van der Waals surface area contributed by atoms with Crippen LogP contribution < -0.4 is 10.1 Å². The van der Waals surface area contributed by atoms with Gasteiger partial charge in [0.15, 0.2) is 11.6 Å². The molecule has 0 bridgehead atoms. The molecule has 136 valence electrons. The maximum atomic E-state index is 14.1. The Balaban J connectivity index is 1.92. The van der Waals surface area contributed by atoms with Crippen molar-refractivity contribution in [3.8, 4) is 5.75 Å². The van der Waals surface area contributed by atoms with Crippen LogP contribution in [-0.2, 0) is 17.6 Å². The van der Waals surface area contributed by atoms with E-state index in [1.165, 1.54) is 18.2 Å². The molecule has 0 saturated carbocycles. The number of carbonyl (C=O) groups excluding carboxylic acids is 1. The highest BCUT2D eigenvalue weighted by atomic mass is 19.1. The summed E-state index contributed by atoms with van der Waals surface area (Å²) in [5.74, 6) is -2.62. The lowest BCUT2D eigenvalue weighted by molar-refractivity contribution is -0.144. The summed E-state index contributed by atoms with van der Waals surface area (Å²) in [5, 5.41) is 12.4. The minimum atomic E-state index is -1.46. The van der Waals surface area contributed by atoms with Gasteiger partial charge in [-0.25, -0.2) is 9.18 Å². The number of aliphatic carboxylic acids is 1. The Morgan fingerprint density at radius 3 is 2.27 bits per heavy atom. The Hall–Kier alpha value is -2.89. The second kappa shape index (κ2) is 6.78. The molecule has 1 amide bonds. The molecule has 1 aliphatic rings. The zero-order valence-electron chi connectivity index (χ0n) is 14.6. The van der Waals surface area contributed by atoms with Crippen molar-refractivity contribution in [3.63, 3.8) is 0 Å². The normalized spacial score (nSPS) is 14.8. The molecule has 2 N–H and O–H groups in total. The molecule has 3 rings (SSSR count). The van der Waals surface area contributed by atoms with Crippen LogP contribution in [0.2, 0.25) is 0 Å². The summed E-state index contributed by atoms with van der Waals surface area (Å²) in [6, 6.07) is 11.4. The summed E-state index contributed by atoms with van der Waals surface area (Å²) in [6.45, 7) is 3.45. The van der Waals surface area contributed by atoms with E-state index in [2.05, 4.69) is 5.32 Å². The fourth-order valence-electron chi connectivity index (χ4n) is 3.24. The second-order valence-electron chi connectivity index (χ2n) is 6.75. The van der Waals surface area contributed by atoms with Gasteiger partial charge in [-0.1, -0.05) is 30.3 Å². The molecule has 5 nitrogen and oxygen atoms in total. The van der Waals surface area contributed by atoms with Gasteiger partial charge in [0.05, 0.1) is 11.7 Å². The average Bonchev–Trinajstić information content (AvgIpc) is 2.95. The van der Waals surface area contributed by atoms with E-state index in [-0.39, 0.29) is 30.3 Å². The molecule has 2 aromatic carbocycles. The summed E-state index contributed by atoms with van der Waals surface area (Å²) >= 11 is 0. The van der Waals surface area contributed by atoms with Crippen LogP contribution in [-0.4, -0.2) is 28.6 Å². The summed E-state index contributed by atoms with van der Waals surface area (Å²) in [5.41, 5.74) is 0.291. The lowest BCUT2D eigenvalue weighted by atomic mass is 9.95. The lowest BCUT2D eigenvalue weighted by Crippen LogP contribution is -2.55. The number of ether oxygens (including phenoxy) is 1.